The van der Waals surface area contributed by atoms with Gasteiger partial charge in [0.1, 0.15) is 0 Å². The van der Waals surface area contributed by atoms with Crippen molar-refractivity contribution in [3.8, 4) is 0 Å². The highest BCUT2D eigenvalue weighted by Gasteiger charge is 2.14. The lowest BCUT2D eigenvalue weighted by Gasteiger charge is -2.19. The number of carbonyl (C=O) groups excluding carboxylic acids is 1. The van der Waals surface area contributed by atoms with Crippen LogP contribution < -0.4 is 5.32 Å². The van der Waals surface area contributed by atoms with Crippen molar-refractivity contribution in [2.75, 3.05) is 6.61 Å². The highest BCUT2D eigenvalue weighted by atomic mass is 31.0. The van der Waals surface area contributed by atoms with Crippen molar-refractivity contribution in [2.45, 2.75) is 123 Å². The summed E-state index contributed by atoms with van der Waals surface area (Å²) in [5.41, 5.74) is 0. The van der Waals surface area contributed by atoms with Gasteiger partial charge in [-0.2, -0.15) is 0 Å². The third-order valence-electron chi connectivity index (χ3n) is 5.10. The second kappa shape index (κ2) is 18.5. The standard InChI is InChI=1S/C24H48NO2P/c1-5-22(2)20-18-16-14-12-10-8-6-7-9-11-13-15-17-19-21-27-23(26)25-24(3,4)28/h6,8,22H,5,7,9-21,28H2,1-4H3,(H,25,26)/b8-6+. The molecule has 0 rings (SSSR count). The van der Waals surface area contributed by atoms with Crippen LogP contribution in [0.5, 0.6) is 0 Å². The number of nitrogens with one attached hydrogen (secondary N) is 1. The first-order valence-corrected chi connectivity index (χ1v) is 12.3. The maximum Gasteiger partial charge on any atom is 0.407 e. The van der Waals surface area contributed by atoms with Crippen molar-refractivity contribution in [1.29, 1.82) is 0 Å². The van der Waals surface area contributed by atoms with Gasteiger partial charge in [0, 0.05) is 0 Å². The zero-order chi connectivity index (χ0) is 21.1. The molecule has 0 fully saturated rings. The van der Waals surface area contributed by atoms with Crippen molar-refractivity contribution in [2.24, 2.45) is 5.92 Å². The van der Waals surface area contributed by atoms with E-state index in [-0.39, 0.29) is 11.4 Å². The van der Waals surface area contributed by atoms with E-state index in [9.17, 15) is 4.79 Å². The first kappa shape index (κ1) is 27.4. The summed E-state index contributed by atoms with van der Waals surface area (Å²) >= 11 is 0. The summed E-state index contributed by atoms with van der Waals surface area (Å²) in [5, 5.41) is 2.47. The Morgan fingerprint density at radius 3 is 1.96 bits per heavy atom. The molecule has 0 aliphatic rings. The second-order valence-electron chi connectivity index (χ2n) is 8.87. The normalized spacial score (nSPS) is 13.0. The van der Waals surface area contributed by atoms with Crippen LogP contribution in [0.15, 0.2) is 12.2 Å². The van der Waals surface area contributed by atoms with E-state index < -0.39 is 0 Å². The molecule has 4 heteroatoms. The average molecular weight is 414 g/mol. The van der Waals surface area contributed by atoms with Crippen molar-refractivity contribution in [1.82, 2.24) is 5.32 Å². The number of rotatable bonds is 18. The van der Waals surface area contributed by atoms with Crippen LogP contribution >= 0.6 is 9.24 Å². The highest BCUT2D eigenvalue weighted by molar-refractivity contribution is 7.18. The molecule has 3 nitrogen and oxygen atoms in total. The number of carbonyl (C=O) groups is 1. The zero-order valence-corrected chi connectivity index (χ0v) is 20.4. The monoisotopic (exact) mass is 413 g/mol. The summed E-state index contributed by atoms with van der Waals surface area (Å²) in [6, 6.07) is 0. The molecule has 2 atom stereocenters. The van der Waals surface area contributed by atoms with Crippen LogP contribution in [0.2, 0.25) is 0 Å². The molecule has 1 amide bonds. The number of alkyl carbamates (subject to hydrolysis) is 1. The largest absolute Gasteiger partial charge is 0.450 e. The fourth-order valence-electron chi connectivity index (χ4n) is 3.08. The molecular formula is C24H48NO2P. The van der Waals surface area contributed by atoms with Gasteiger partial charge >= 0.3 is 6.09 Å². The molecule has 1 N–H and O–H groups in total. The van der Waals surface area contributed by atoms with E-state index in [2.05, 4.69) is 40.6 Å². The van der Waals surface area contributed by atoms with Gasteiger partial charge in [-0.1, -0.05) is 83.8 Å². The molecule has 166 valence electrons. The smallest absolute Gasteiger partial charge is 0.407 e. The maximum atomic E-state index is 11.5. The highest BCUT2D eigenvalue weighted by Crippen LogP contribution is 2.14. The van der Waals surface area contributed by atoms with Crippen LogP contribution in [-0.2, 0) is 4.74 Å². The Bertz CT molecular complexity index is 391. The molecule has 0 saturated carbocycles. The number of amides is 1. The molecule has 0 aromatic heterocycles. The lowest BCUT2D eigenvalue weighted by atomic mass is 10.00. The predicted octanol–water partition coefficient (Wildman–Crippen LogP) is 8.00. The predicted molar refractivity (Wildman–Crippen MR) is 127 cm³/mol. The minimum Gasteiger partial charge on any atom is -0.450 e. The van der Waals surface area contributed by atoms with Crippen LogP contribution in [-0.4, -0.2) is 18.0 Å². The summed E-state index contributed by atoms with van der Waals surface area (Å²) in [5.74, 6) is 0.910. The number of hydrogen-bond acceptors (Lipinski definition) is 2. The minimum atomic E-state index is -0.321. The number of allylic oxidation sites excluding steroid dienone is 2. The van der Waals surface area contributed by atoms with E-state index in [4.69, 9.17) is 4.74 Å². The summed E-state index contributed by atoms with van der Waals surface area (Å²) in [7, 11) is 2.58. The Morgan fingerprint density at radius 2 is 1.43 bits per heavy atom. The van der Waals surface area contributed by atoms with Gasteiger partial charge in [0.25, 0.3) is 0 Å². The Kier molecular flexibility index (Phi) is 18.1. The first-order chi connectivity index (χ1) is 13.3. The van der Waals surface area contributed by atoms with E-state index in [0.717, 1.165) is 18.8 Å². The molecule has 28 heavy (non-hydrogen) atoms. The van der Waals surface area contributed by atoms with E-state index in [1.165, 1.54) is 77.0 Å². The lowest BCUT2D eigenvalue weighted by molar-refractivity contribution is 0.139. The van der Waals surface area contributed by atoms with Gasteiger partial charge in [-0.15, -0.1) is 9.24 Å². The van der Waals surface area contributed by atoms with Crippen LogP contribution in [0, 0.1) is 5.92 Å². The second-order valence-corrected chi connectivity index (χ2v) is 10.3. The molecule has 0 aliphatic carbocycles. The van der Waals surface area contributed by atoms with Gasteiger partial charge in [-0.3, -0.25) is 0 Å². The van der Waals surface area contributed by atoms with Crippen LogP contribution in [0.3, 0.4) is 0 Å². The Balaban J connectivity index is 3.25. The Hall–Kier alpha value is -0.560. The van der Waals surface area contributed by atoms with Gasteiger partial charge in [0.05, 0.1) is 11.9 Å². The van der Waals surface area contributed by atoms with Crippen LogP contribution in [0.1, 0.15) is 118 Å². The Morgan fingerprint density at radius 1 is 0.929 bits per heavy atom. The summed E-state index contributed by atoms with van der Waals surface area (Å²) in [6.07, 6.45) is 22.4. The van der Waals surface area contributed by atoms with Crippen molar-refractivity contribution in [3.63, 3.8) is 0 Å². The molecule has 0 aromatic carbocycles. The third-order valence-corrected chi connectivity index (χ3v) is 5.25. The van der Waals surface area contributed by atoms with E-state index >= 15 is 0 Å². The molecule has 0 heterocycles. The molecule has 0 bridgehead atoms. The van der Waals surface area contributed by atoms with Crippen molar-refractivity contribution in [3.05, 3.63) is 12.2 Å². The fraction of sp³-hybridized carbons (Fsp3) is 0.875. The maximum absolute atomic E-state index is 11.5. The number of ether oxygens (including phenoxy) is 1. The number of unbranched alkanes of at least 4 members (excludes halogenated alkanes) is 10. The fourth-order valence-corrected chi connectivity index (χ4v) is 3.20. The third kappa shape index (κ3) is 21.7. The summed E-state index contributed by atoms with van der Waals surface area (Å²) in [4.78, 5) is 11.5. The lowest BCUT2D eigenvalue weighted by Crippen LogP contribution is -2.38. The quantitative estimate of drug-likeness (QED) is 0.140. The summed E-state index contributed by atoms with van der Waals surface area (Å²) in [6.45, 7) is 9.02. The molecular weight excluding hydrogens is 365 g/mol. The van der Waals surface area contributed by atoms with E-state index in [1.54, 1.807) is 0 Å². The first-order valence-electron chi connectivity index (χ1n) is 11.7. The van der Waals surface area contributed by atoms with Gasteiger partial charge < -0.3 is 10.1 Å². The Labute approximate surface area is 178 Å². The molecule has 0 radical (unpaired) electrons. The van der Waals surface area contributed by atoms with Gasteiger partial charge in [0.15, 0.2) is 0 Å². The molecule has 2 unspecified atom stereocenters. The SMILES string of the molecule is CCC(C)CCCCCC/C=C/CCCCCCCCOC(=O)NC(C)(C)P. The number of hydrogen-bond donors (Lipinski definition) is 1. The molecule has 0 aliphatic heterocycles. The van der Waals surface area contributed by atoms with Crippen LogP contribution in [0.25, 0.3) is 0 Å². The minimum absolute atomic E-state index is 0.307. The molecule has 0 saturated heterocycles. The van der Waals surface area contributed by atoms with Gasteiger partial charge in [-0.25, -0.2) is 4.79 Å². The van der Waals surface area contributed by atoms with Crippen molar-refractivity contribution < 1.29 is 9.53 Å². The van der Waals surface area contributed by atoms with E-state index in [1.807, 2.05) is 13.8 Å². The zero-order valence-electron chi connectivity index (χ0n) is 19.2. The average Bonchev–Trinajstić information content (AvgIpc) is 2.62. The summed E-state index contributed by atoms with van der Waals surface area (Å²) < 4.78 is 5.17. The van der Waals surface area contributed by atoms with Gasteiger partial charge in [-0.05, 0) is 51.9 Å². The van der Waals surface area contributed by atoms with Crippen LogP contribution in [0.4, 0.5) is 4.79 Å². The van der Waals surface area contributed by atoms with E-state index in [0.29, 0.717) is 6.61 Å². The topological polar surface area (TPSA) is 38.3 Å². The van der Waals surface area contributed by atoms with Crippen molar-refractivity contribution >= 4 is 15.3 Å². The van der Waals surface area contributed by atoms with Gasteiger partial charge in [0.2, 0.25) is 0 Å². The molecule has 0 aromatic rings. The molecule has 0 spiro atoms.